The molecule has 1 aromatic carbocycles. The van der Waals surface area contributed by atoms with E-state index in [9.17, 15) is 4.39 Å². The Balaban J connectivity index is 1.35. The Labute approximate surface area is 161 Å². The van der Waals surface area contributed by atoms with Crippen molar-refractivity contribution in [2.75, 3.05) is 38.2 Å². The molecular formula is C19H24BrFN4O. The second kappa shape index (κ2) is 8.15. The molecular weight excluding hydrogens is 399 g/mol. The lowest BCUT2D eigenvalue weighted by Gasteiger charge is -2.38. The van der Waals surface area contributed by atoms with Gasteiger partial charge in [-0.25, -0.2) is 14.4 Å². The second-order valence-electron chi connectivity index (χ2n) is 7.21. The van der Waals surface area contributed by atoms with Crippen LogP contribution in [0.2, 0.25) is 0 Å². The molecule has 2 fully saturated rings. The highest BCUT2D eigenvalue weighted by atomic mass is 79.9. The van der Waals surface area contributed by atoms with Crippen LogP contribution in [0, 0.1) is 11.7 Å². The summed E-state index contributed by atoms with van der Waals surface area (Å²) in [7, 11) is 0. The smallest absolute Gasteiger partial charge is 0.139 e. The highest BCUT2D eigenvalue weighted by Crippen LogP contribution is 2.30. The summed E-state index contributed by atoms with van der Waals surface area (Å²) in [5.41, 5.74) is 0.624. The summed E-state index contributed by atoms with van der Waals surface area (Å²) < 4.78 is 19.6. The van der Waals surface area contributed by atoms with Gasteiger partial charge in [-0.1, -0.05) is 0 Å². The van der Waals surface area contributed by atoms with E-state index in [0.717, 1.165) is 44.1 Å². The van der Waals surface area contributed by atoms with Crippen molar-refractivity contribution < 1.29 is 9.13 Å². The van der Waals surface area contributed by atoms with E-state index in [1.54, 1.807) is 6.07 Å². The number of benzene rings is 1. The molecule has 1 saturated heterocycles. The van der Waals surface area contributed by atoms with Crippen LogP contribution < -0.4 is 5.32 Å². The van der Waals surface area contributed by atoms with E-state index in [1.807, 2.05) is 0 Å². The van der Waals surface area contributed by atoms with E-state index >= 15 is 0 Å². The van der Waals surface area contributed by atoms with Crippen LogP contribution in [0.5, 0.6) is 0 Å². The normalized spacial score (nSPS) is 24.7. The van der Waals surface area contributed by atoms with Crippen molar-refractivity contribution in [3.8, 4) is 0 Å². The molecule has 1 N–H and O–H groups in total. The van der Waals surface area contributed by atoms with E-state index in [2.05, 4.69) is 36.1 Å². The number of nitrogens with one attached hydrogen (secondary N) is 1. The van der Waals surface area contributed by atoms with Crippen molar-refractivity contribution in [2.24, 2.45) is 5.92 Å². The van der Waals surface area contributed by atoms with Crippen LogP contribution in [0.1, 0.15) is 25.7 Å². The summed E-state index contributed by atoms with van der Waals surface area (Å²) in [5, 5.41) is 4.32. The van der Waals surface area contributed by atoms with Crippen LogP contribution in [0.15, 0.2) is 22.9 Å². The lowest BCUT2D eigenvalue weighted by atomic mass is 9.85. The Morgan fingerprint density at radius 3 is 2.69 bits per heavy atom. The van der Waals surface area contributed by atoms with Gasteiger partial charge in [-0.3, -0.25) is 4.90 Å². The van der Waals surface area contributed by atoms with E-state index in [-0.39, 0.29) is 5.82 Å². The van der Waals surface area contributed by atoms with Gasteiger partial charge in [0.2, 0.25) is 0 Å². The largest absolute Gasteiger partial charge is 0.379 e. The second-order valence-corrected chi connectivity index (χ2v) is 8.06. The molecule has 0 atom stereocenters. The van der Waals surface area contributed by atoms with E-state index in [4.69, 9.17) is 4.74 Å². The zero-order chi connectivity index (χ0) is 17.9. The third-order valence-corrected chi connectivity index (χ3v) is 6.22. The minimum absolute atomic E-state index is 0.302. The van der Waals surface area contributed by atoms with Crippen LogP contribution in [-0.2, 0) is 4.74 Å². The Morgan fingerprint density at radius 1 is 1.15 bits per heavy atom. The van der Waals surface area contributed by atoms with Gasteiger partial charge in [-0.2, -0.15) is 0 Å². The molecule has 1 aromatic heterocycles. The van der Waals surface area contributed by atoms with Gasteiger partial charge in [0, 0.05) is 37.1 Å². The number of ether oxygens (including phenoxy) is 1. The number of morpholine rings is 1. The first-order valence-corrected chi connectivity index (χ1v) is 10.2. The van der Waals surface area contributed by atoms with Crippen molar-refractivity contribution in [1.29, 1.82) is 0 Å². The molecule has 4 rings (SSSR count). The van der Waals surface area contributed by atoms with Gasteiger partial charge in [0.25, 0.3) is 0 Å². The molecule has 1 saturated carbocycles. The van der Waals surface area contributed by atoms with Gasteiger partial charge in [0.05, 0.1) is 23.2 Å². The minimum atomic E-state index is -0.302. The standard InChI is InChI=1S/C19H24BrFN4O/c20-16-9-15-18(10-17(16)21)23-12-24-19(15)22-11-13-1-3-14(4-2-13)25-5-7-26-8-6-25/h9-10,12-14H,1-8,11H2,(H,22,23,24). The maximum atomic E-state index is 13.7. The maximum Gasteiger partial charge on any atom is 0.139 e. The molecule has 1 aliphatic heterocycles. The molecule has 0 amide bonds. The molecule has 5 nitrogen and oxygen atoms in total. The minimum Gasteiger partial charge on any atom is -0.379 e. The number of aromatic nitrogens is 2. The predicted molar refractivity (Wildman–Crippen MR) is 104 cm³/mol. The first-order chi connectivity index (χ1) is 12.7. The Kier molecular flexibility index (Phi) is 5.66. The maximum absolute atomic E-state index is 13.7. The molecule has 0 unspecified atom stereocenters. The summed E-state index contributed by atoms with van der Waals surface area (Å²) >= 11 is 3.25. The number of halogens is 2. The molecule has 2 aliphatic rings. The van der Waals surface area contributed by atoms with E-state index < -0.39 is 0 Å². The van der Waals surface area contributed by atoms with Crippen LogP contribution >= 0.6 is 15.9 Å². The fourth-order valence-corrected chi connectivity index (χ4v) is 4.43. The molecule has 140 valence electrons. The van der Waals surface area contributed by atoms with Gasteiger partial charge in [-0.15, -0.1) is 0 Å². The monoisotopic (exact) mass is 422 g/mol. The number of hydrogen-bond acceptors (Lipinski definition) is 5. The summed E-state index contributed by atoms with van der Waals surface area (Å²) in [6.07, 6.45) is 6.47. The first kappa shape index (κ1) is 18.1. The zero-order valence-electron chi connectivity index (χ0n) is 14.8. The summed E-state index contributed by atoms with van der Waals surface area (Å²) in [6.45, 7) is 4.80. The third-order valence-electron chi connectivity index (χ3n) is 5.61. The zero-order valence-corrected chi connectivity index (χ0v) is 16.3. The van der Waals surface area contributed by atoms with Gasteiger partial charge in [0.15, 0.2) is 0 Å². The average Bonchev–Trinajstić information content (AvgIpc) is 2.68. The van der Waals surface area contributed by atoms with Gasteiger partial charge >= 0.3 is 0 Å². The third kappa shape index (κ3) is 4.00. The molecule has 2 heterocycles. The fourth-order valence-electron chi connectivity index (χ4n) is 4.09. The Bertz CT molecular complexity index is 761. The topological polar surface area (TPSA) is 50.3 Å². The van der Waals surface area contributed by atoms with Crippen molar-refractivity contribution in [1.82, 2.24) is 14.9 Å². The number of rotatable bonds is 4. The number of fused-ring (bicyclic) bond motifs is 1. The van der Waals surface area contributed by atoms with Crippen molar-refractivity contribution in [3.05, 3.63) is 28.7 Å². The van der Waals surface area contributed by atoms with E-state index in [1.165, 1.54) is 38.1 Å². The van der Waals surface area contributed by atoms with Crippen molar-refractivity contribution in [2.45, 2.75) is 31.7 Å². The van der Waals surface area contributed by atoms with Crippen molar-refractivity contribution >= 4 is 32.7 Å². The number of hydrogen-bond donors (Lipinski definition) is 1. The lowest BCUT2D eigenvalue weighted by molar-refractivity contribution is 0.00540. The highest BCUT2D eigenvalue weighted by Gasteiger charge is 2.26. The molecule has 7 heteroatoms. The fraction of sp³-hybridized carbons (Fsp3) is 0.579. The molecule has 0 radical (unpaired) electrons. The quantitative estimate of drug-likeness (QED) is 0.810. The molecule has 0 spiro atoms. The van der Waals surface area contributed by atoms with Gasteiger partial charge in [0.1, 0.15) is 18.0 Å². The lowest BCUT2D eigenvalue weighted by Crippen LogP contribution is -2.45. The Hall–Kier alpha value is -1.31. The predicted octanol–water partition coefficient (Wildman–Crippen LogP) is 3.83. The van der Waals surface area contributed by atoms with Crippen molar-refractivity contribution in [3.63, 3.8) is 0 Å². The number of nitrogens with zero attached hydrogens (tertiary/aromatic N) is 3. The highest BCUT2D eigenvalue weighted by molar-refractivity contribution is 9.10. The van der Waals surface area contributed by atoms with E-state index in [0.29, 0.717) is 21.9 Å². The number of anilines is 1. The summed E-state index contributed by atoms with van der Waals surface area (Å²) in [5.74, 6) is 1.13. The molecule has 1 aliphatic carbocycles. The first-order valence-electron chi connectivity index (χ1n) is 9.36. The summed E-state index contributed by atoms with van der Waals surface area (Å²) in [6, 6.07) is 3.91. The summed E-state index contributed by atoms with van der Waals surface area (Å²) in [4.78, 5) is 11.1. The Morgan fingerprint density at radius 2 is 1.92 bits per heavy atom. The van der Waals surface area contributed by atoms with Crippen LogP contribution in [0.25, 0.3) is 10.9 Å². The average molecular weight is 423 g/mol. The van der Waals surface area contributed by atoms with Crippen LogP contribution in [0.3, 0.4) is 0 Å². The molecule has 2 aromatic rings. The van der Waals surface area contributed by atoms with Crippen LogP contribution in [0.4, 0.5) is 10.2 Å². The molecule has 0 bridgehead atoms. The van der Waals surface area contributed by atoms with Gasteiger partial charge in [-0.05, 0) is 53.6 Å². The van der Waals surface area contributed by atoms with Gasteiger partial charge < -0.3 is 10.1 Å². The molecule has 26 heavy (non-hydrogen) atoms. The SMILES string of the molecule is Fc1cc2ncnc(NCC3CCC(N4CCOCC4)CC3)c2cc1Br. The van der Waals surface area contributed by atoms with Crippen LogP contribution in [-0.4, -0.2) is 53.8 Å².